The van der Waals surface area contributed by atoms with E-state index >= 15 is 0 Å². The van der Waals surface area contributed by atoms with Crippen molar-refractivity contribution < 1.29 is 8.83 Å². The van der Waals surface area contributed by atoms with E-state index in [0.717, 1.165) is 71.7 Å². The zero-order valence-corrected chi connectivity index (χ0v) is 27.9. The lowest BCUT2D eigenvalue weighted by Gasteiger charge is -2.22. The Kier molecular flexibility index (Phi) is 6.31. The standard InChI is InChI=1S/C47H29N3O2/c1-3-12-30-26-32(24-22-28(30)10-1)34-15-7-17-37-42-38(18-9-21-41(42)52-43(34)37)46-48-45(33-25-23-29-11-2-4-13-31(29)27-33)49-47(50-46)39-19-8-16-36-35-14-5-6-20-40(35)51-44(36)39/h1-27,29,31H. The SMILES string of the molecule is C1=CC2C=CC(c3nc(-c4cccc5c4oc4ccccc45)nc(-c4cccc5oc6c(-c7ccc8ccccc8c7)cccc6c45)n3)=CC2C=C1. The summed E-state index contributed by atoms with van der Waals surface area (Å²) in [5, 5.41) is 6.47. The number of furan rings is 2. The van der Waals surface area contributed by atoms with Gasteiger partial charge >= 0.3 is 0 Å². The average Bonchev–Trinajstić information content (AvgIpc) is 3.79. The molecule has 3 aromatic heterocycles. The second kappa shape index (κ2) is 11.3. The molecular weight excluding hydrogens is 639 g/mol. The van der Waals surface area contributed by atoms with Crippen molar-refractivity contribution in [1.29, 1.82) is 0 Å². The molecule has 5 heteroatoms. The van der Waals surface area contributed by atoms with E-state index in [1.54, 1.807) is 0 Å². The number of rotatable bonds is 4. The summed E-state index contributed by atoms with van der Waals surface area (Å²) >= 11 is 0. The maximum atomic E-state index is 6.70. The molecule has 0 bridgehead atoms. The monoisotopic (exact) mass is 667 g/mol. The minimum absolute atomic E-state index is 0.238. The van der Waals surface area contributed by atoms with E-state index in [2.05, 4.69) is 121 Å². The molecule has 0 radical (unpaired) electrons. The first kappa shape index (κ1) is 28.9. The van der Waals surface area contributed by atoms with E-state index in [0.29, 0.717) is 23.4 Å². The Bertz CT molecular complexity index is 3050. The van der Waals surface area contributed by atoms with Crippen molar-refractivity contribution in [3.63, 3.8) is 0 Å². The number of hydrogen-bond acceptors (Lipinski definition) is 5. The van der Waals surface area contributed by atoms with Crippen molar-refractivity contribution in [2.75, 3.05) is 0 Å². The zero-order valence-electron chi connectivity index (χ0n) is 27.9. The molecule has 0 spiro atoms. The minimum Gasteiger partial charge on any atom is -0.455 e. The highest BCUT2D eigenvalue weighted by atomic mass is 16.3. The summed E-state index contributed by atoms with van der Waals surface area (Å²) in [6.07, 6.45) is 15.3. The van der Waals surface area contributed by atoms with Crippen LogP contribution in [0.15, 0.2) is 173 Å². The van der Waals surface area contributed by atoms with Gasteiger partial charge in [-0.2, -0.15) is 0 Å². The lowest BCUT2D eigenvalue weighted by atomic mass is 9.83. The minimum atomic E-state index is 0.238. The maximum absolute atomic E-state index is 6.70. The van der Waals surface area contributed by atoms with Crippen LogP contribution in [-0.2, 0) is 0 Å². The number of hydrogen-bond donors (Lipinski definition) is 0. The highest BCUT2D eigenvalue weighted by Gasteiger charge is 2.24. The topological polar surface area (TPSA) is 65.0 Å². The highest BCUT2D eigenvalue weighted by Crippen LogP contribution is 2.42. The van der Waals surface area contributed by atoms with Crippen LogP contribution in [0, 0.1) is 11.8 Å². The normalized spacial score (nSPS) is 16.7. The van der Waals surface area contributed by atoms with Gasteiger partial charge in [-0.15, -0.1) is 0 Å². The fraction of sp³-hybridized carbons (Fsp3) is 0.0426. The first-order valence-electron chi connectivity index (χ1n) is 17.6. The van der Waals surface area contributed by atoms with Gasteiger partial charge in [0.2, 0.25) is 0 Å². The van der Waals surface area contributed by atoms with Gasteiger partial charge in [-0.1, -0.05) is 140 Å². The van der Waals surface area contributed by atoms with Gasteiger partial charge in [-0.25, -0.2) is 15.0 Å². The summed E-state index contributed by atoms with van der Waals surface area (Å²) in [6.45, 7) is 0. The van der Waals surface area contributed by atoms with Crippen molar-refractivity contribution in [2.45, 2.75) is 0 Å². The number of benzene rings is 6. The summed E-state index contributed by atoms with van der Waals surface area (Å²) in [5.41, 5.74) is 8.02. The van der Waals surface area contributed by atoms with Gasteiger partial charge < -0.3 is 8.83 Å². The molecule has 2 aliphatic rings. The van der Waals surface area contributed by atoms with E-state index in [1.165, 1.54) is 10.8 Å². The van der Waals surface area contributed by atoms with Gasteiger partial charge in [0.05, 0.1) is 5.56 Å². The third-order valence-electron chi connectivity index (χ3n) is 10.5. The molecule has 6 aromatic carbocycles. The third kappa shape index (κ3) is 4.53. The van der Waals surface area contributed by atoms with Gasteiger partial charge in [0.25, 0.3) is 0 Å². The van der Waals surface area contributed by atoms with E-state index in [4.69, 9.17) is 23.8 Å². The molecule has 2 atom stereocenters. The quantitative estimate of drug-likeness (QED) is 0.187. The maximum Gasteiger partial charge on any atom is 0.167 e. The zero-order chi connectivity index (χ0) is 34.2. The fourth-order valence-corrected chi connectivity index (χ4v) is 7.91. The molecule has 2 aliphatic carbocycles. The Hall–Kier alpha value is -6.85. The highest BCUT2D eigenvalue weighted by molar-refractivity contribution is 6.15. The van der Waals surface area contributed by atoms with Gasteiger partial charge in [0, 0.05) is 50.1 Å². The van der Waals surface area contributed by atoms with Gasteiger partial charge in [0.15, 0.2) is 17.5 Å². The van der Waals surface area contributed by atoms with Gasteiger partial charge in [-0.3, -0.25) is 0 Å². The van der Waals surface area contributed by atoms with Crippen molar-refractivity contribution in [1.82, 2.24) is 15.0 Å². The van der Waals surface area contributed by atoms with E-state index in [-0.39, 0.29) is 5.92 Å². The van der Waals surface area contributed by atoms with Crippen LogP contribution < -0.4 is 0 Å². The molecule has 2 unspecified atom stereocenters. The third-order valence-corrected chi connectivity index (χ3v) is 10.5. The Balaban J connectivity index is 1.14. The van der Waals surface area contributed by atoms with Crippen molar-refractivity contribution in [3.05, 3.63) is 170 Å². The molecule has 0 fully saturated rings. The first-order valence-corrected chi connectivity index (χ1v) is 17.6. The van der Waals surface area contributed by atoms with Gasteiger partial charge in [-0.05, 0) is 40.6 Å². The first-order chi connectivity index (χ1) is 25.7. The number of fused-ring (bicyclic) bond motifs is 8. The average molecular weight is 668 g/mol. The van der Waals surface area contributed by atoms with Crippen LogP contribution in [0.5, 0.6) is 0 Å². The van der Waals surface area contributed by atoms with Crippen LogP contribution in [0.1, 0.15) is 5.82 Å². The van der Waals surface area contributed by atoms with Crippen molar-refractivity contribution >= 4 is 60.2 Å². The second-order valence-electron chi connectivity index (χ2n) is 13.5. The van der Waals surface area contributed by atoms with E-state index < -0.39 is 0 Å². The number of allylic oxidation sites excluding steroid dienone is 8. The Morgan fingerprint density at radius 3 is 2.04 bits per heavy atom. The van der Waals surface area contributed by atoms with Crippen molar-refractivity contribution in [2.24, 2.45) is 11.8 Å². The summed E-state index contributed by atoms with van der Waals surface area (Å²) < 4.78 is 13.2. The van der Waals surface area contributed by atoms with Crippen LogP contribution in [0.25, 0.3) is 94.1 Å². The number of nitrogens with zero attached hydrogens (tertiary/aromatic N) is 3. The molecule has 0 saturated heterocycles. The van der Waals surface area contributed by atoms with Gasteiger partial charge in [0.1, 0.15) is 22.3 Å². The lowest BCUT2D eigenvalue weighted by Crippen LogP contribution is -2.12. The molecule has 3 heterocycles. The molecule has 0 aliphatic heterocycles. The second-order valence-corrected chi connectivity index (χ2v) is 13.5. The number of para-hydroxylation sites is 3. The summed E-state index contributed by atoms with van der Waals surface area (Å²) in [5.74, 6) is 2.31. The predicted octanol–water partition coefficient (Wildman–Crippen LogP) is 12.1. The molecule has 5 nitrogen and oxygen atoms in total. The van der Waals surface area contributed by atoms with Crippen LogP contribution in [0.3, 0.4) is 0 Å². The largest absolute Gasteiger partial charge is 0.455 e. The Morgan fingerprint density at radius 1 is 0.462 bits per heavy atom. The Labute approximate surface area is 298 Å². The molecular formula is C47H29N3O2. The number of aromatic nitrogens is 3. The van der Waals surface area contributed by atoms with Crippen LogP contribution in [-0.4, -0.2) is 15.0 Å². The van der Waals surface area contributed by atoms with Crippen LogP contribution in [0.2, 0.25) is 0 Å². The van der Waals surface area contributed by atoms with Crippen molar-refractivity contribution in [3.8, 4) is 33.9 Å². The molecule has 9 aromatic rings. The molecule has 0 amide bonds. The fourth-order valence-electron chi connectivity index (χ4n) is 7.91. The summed E-state index contributed by atoms with van der Waals surface area (Å²) in [7, 11) is 0. The lowest BCUT2D eigenvalue weighted by molar-refractivity contribution is 0.662. The Morgan fingerprint density at radius 2 is 1.12 bits per heavy atom. The molecule has 0 saturated carbocycles. The molecule has 11 rings (SSSR count). The summed E-state index contributed by atoms with van der Waals surface area (Å²) in [4.78, 5) is 15.6. The smallest absolute Gasteiger partial charge is 0.167 e. The molecule has 52 heavy (non-hydrogen) atoms. The summed E-state index contributed by atoms with van der Waals surface area (Å²) in [6, 6.07) is 41.8. The van der Waals surface area contributed by atoms with Crippen LogP contribution >= 0.6 is 0 Å². The molecule has 244 valence electrons. The predicted molar refractivity (Wildman–Crippen MR) is 211 cm³/mol. The van der Waals surface area contributed by atoms with E-state index in [9.17, 15) is 0 Å². The molecule has 0 N–H and O–H groups in total. The van der Waals surface area contributed by atoms with Crippen LogP contribution in [0.4, 0.5) is 0 Å². The van der Waals surface area contributed by atoms with E-state index in [1.807, 2.05) is 42.5 Å².